The molecule has 1 aromatic rings. The second-order valence-electron chi connectivity index (χ2n) is 4.42. The van der Waals surface area contributed by atoms with Gasteiger partial charge in [0.1, 0.15) is 0 Å². The fourth-order valence-electron chi connectivity index (χ4n) is 1.68. The molecule has 0 heterocycles. The van der Waals surface area contributed by atoms with Gasteiger partial charge in [0.25, 0.3) is 0 Å². The van der Waals surface area contributed by atoms with Crippen LogP contribution in [0.5, 0.6) is 0 Å². The Morgan fingerprint density at radius 1 is 1.20 bits per heavy atom. The van der Waals surface area contributed by atoms with E-state index in [9.17, 15) is 0 Å². The average Bonchev–Trinajstić information content (AvgIpc) is 3.07. The van der Waals surface area contributed by atoms with E-state index in [0.29, 0.717) is 5.41 Å². The lowest BCUT2D eigenvalue weighted by Gasteiger charge is -2.11. The van der Waals surface area contributed by atoms with Crippen LogP contribution in [0.2, 0.25) is 0 Å². The molecule has 0 radical (unpaired) electrons. The minimum Gasteiger partial charge on any atom is -0.377 e. The number of halogens is 1. The minimum absolute atomic E-state index is 0.580. The molecule has 0 atom stereocenters. The van der Waals surface area contributed by atoms with Gasteiger partial charge < -0.3 is 4.74 Å². The van der Waals surface area contributed by atoms with Gasteiger partial charge in [0.05, 0.1) is 6.61 Å². The Bertz CT molecular complexity index is 293. The molecule has 1 saturated carbocycles. The number of ether oxygens (including phenoxy) is 1. The van der Waals surface area contributed by atoms with Crippen LogP contribution < -0.4 is 0 Å². The van der Waals surface area contributed by atoms with E-state index < -0.39 is 0 Å². The normalized spacial score (nSPS) is 17.7. The molecule has 0 saturated heterocycles. The summed E-state index contributed by atoms with van der Waals surface area (Å²) in [6.07, 6.45) is 3.94. The van der Waals surface area contributed by atoms with Crippen molar-refractivity contribution in [1.82, 2.24) is 0 Å². The van der Waals surface area contributed by atoms with Gasteiger partial charge in [-0.3, -0.25) is 0 Å². The van der Waals surface area contributed by atoms with Gasteiger partial charge in [-0.2, -0.15) is 0 Å². The zero-order valence-corrected chi connectivity index (χ0v) is 10.5. The molecule has 1 fully saturated rings. The Hall–Kier alpha value is -0.340. The van der Waals surface area contributed by atoms with Crippen molar-refractivity contribution in [3.63, 3.8) is 0 Å². The molecular formula is C13H17BrO. The van der Waals surface area contributed by atoms with Crippen LogP contribution in [-0.4, -0.2) is 11.9 Å². The van der Waals surface area contributed by atoms with Crippen molar-refractivity contribution in [1.29, 1.82) is 0 Å². The molecule has 0 unspecified atom stereocenters. The molecule has 82 valence electrons. The molecule has 0 bridgehead atoms. The molecule has 1 nitrogen and oxygen atoms in total. The van der Waals surface area contributed by atoms with Crippen LogP contribution in [0.4, 0.5) is 0 Å². The van der Waals surface area contributed by atoms with Crippen molar-refractivity contribution in [2.45, 2.75) is 25.9 Å². The number of hydrogen-bond donors (Lipinski definition) is 0. The van der Waals surface area contributed by atoms with Crippen molar-refractivity contribution >= 4 is 15.9 Å². The van der Waals surface area contributed by atoms with Crippen LogP contribution in [0.3, 0.4) is 0 Å². The van der Waals surface area contributed by atoms with E-state index in [4.69, 9.17) is 4.74 Å². The van der Waals surface area contributed by atoms with Crippen molar-refractivity contribution in [3.8, 4) is 0 Å². The smallest absolute Gasteiger partial charge is 0.0716 e. The minimum atomic E-state index is 0.580. The third-order valence-electron chi connectivity index (χ3n) is 3.13. The van der Waals surface area contributed by atoms with Crippen LogP contribution in [-0.2, 0) is 11.3 Å². The van der Waals surface area contributed by atoms with E-state index in [1.54, 1.807) is 0 Å². The summed E-state index contributed by atoms with van der Waals surface area (Å²) < 4.78 is 5.68. The van der Waals surface area contributed by atoms with E-state index in [1.165, 1.54) is 24.8 Å². The number of hydrogen-bond acceptors (Lipinski definition) is 1. The van der Waals surface area contributed by atoms with Crippen LogP contribution in [0.1, 0.15) is 24.8 Å². The Labute approximate surface area is 100.0 Å². The first-order valence-electron chi connectivity index (χ1n) is 5.52. The zero-order chi connectivity index (χ0) is 10.6. The zero-order valence-electron chi connectivity index (χ0n) is 8.92. The summed E-state index contributed by atoms with van der Waals surface area (Å²) in [5, 5.41) is 1.13. The third kappa shape index (κ3) is 3.32. The highest BCUT2D eigenvalue weighted by Crippen LogP contribution is 2.49. The van der Waals surface area contributed by atoms with E-state index >= 15 is 0 Å². The molecule has 0 N–H and O–H groups in total. The van der Waals surface area contributed by atoms with Gasteiger partial charge in [0.15, 0.2) is 0 Å². The quantitative estimate of drug-likeness (QED) is 0.564. The molecule has 2 heteroatoms. The summed E-state index contributed by atoms with van der Waals surface area (Å²) in [4.78, 5) is 0. The Balaban J connectivity index is 1.63. The van der Waals surface area contributed by atoms with Gasteiger partial charge in [-0.25, -0.2) is 0 Å². The van der Waals surface area contributed by atoms with Crippen LogP contribution in [0.15, 0.2) is 30.3 Å². The molecule has 0 aliphatic heterocycles. The molecule has 1 aromatic carbocycles. The molecular weight excluding hydrogens is 252 g/mol. The second-order valence-corrected chi connectivity index (χ2v) is 4.98. The Morgan fingerprint density at radius 2 is 1.93 bits per heavy atom. The highest BCUT2D eigenvalue weighted by molar-refractivity contribution is 9.09. The fourth-order valence-corrected chi connectivity index (χ4v) is 2.52. The van der Waals surface area contributed by atoms with Crippen molar-refractivity contribution in [2.24, 2.45) is 5.41 Å². The van der Waals surface area contributed by atoms with Crippen LogP contribution in [0, 0.1) is 5.41 Å². The molecule has 0 spiro atoms. The lowest BCUT2D eigenvalue weighted by molar-refractivity contribution is 0.107. The number of alkyl halides is 1. The number of benzene rings is 1. The first-order valence-corrected chi connectivity index (χ1v) is 6.64. The van der Waals surface area contributed by atoms with E-state index in [-0.39, 0.29) is 0 Å². The van der Waals surface area contributed by atoms with Crippen LogP contribution in [0.25, 0.3) is 0 Å². The maximum atomic E-state index is 5.68. The van der Waals surface area contributed by atoms with Gasteiger partial charge in [-0.05, 0) is 30.2 Å². The molecule has 0 aromatic heterocycles. The van der Waals surface area contributed by atoms with E-state index in [2.05, 4.69) is 40.2 Å². The molecule has 1 aliphatic carbocycles. The summed E-state index contributed by atoms with van der Waals surface area (Å²) in [5.74, 6) is 0. The van der Waals surface area contributed by atoms with Crippen molar-refractivity contribution < 1.29 is 4.74 Å². The third-order valence-corrected chi connectivity index (χ3v) is 4.32. The van der Waals surface area contributed by atoms with Gasteiger partial charge in [0, 0.05) is 11.9 Å². The molecule has 2 rings (SSSR count). The summed E-state index contributed by atoms with van der Waals surface area (Å²) >= 11 is 3.57. The highest BCUT2D eigenvalue weighted by atomic mass is 79.9. The topological polar surface area (TPSA) is 9.23 Å². The predicted molar refractivity (Wildman–Crippen MR) is 66.2 cm³/mol. The highest BCUT2D eigenvalue weighted by Gasteiger charge is 2.40. The largest absolute Gasteiger partial charge is 0.377 e. The van der Waals surface area contributed by atoms with E-state index in [1.807, 2.05) is 6.07 Å². The fraction of sp³-hybridized carbons (Fsp3) is 0.538. The van der Waals surface area contributed by atoms with Gasteiger partial charge in [-0.1, -0.05) is 46.3 Å². The first kappa shape index (κ1) is 11.2. The summed E-state index contributed by atoms with van der Waals surface area (Å²) in [6, 6.07) is 10.4. The van der Waals surface area contributed by atoms with Crippen LogP contribution >= 0.6 is 15.9 Å². The maximum Gasteiger partial charge on any atom is 0.0716 e. The SMILES string of the molecule is BrCC1(CCOCc2ccccc2)CC1. The van der Waals surface area contributed by atoms with Gasteiger partial charge in [0.2, 0.25) is 0 Å². The lowest BCUT2D eigenvalue weighted by Crippen LogP contribution is -2.07. The molecule has 0 amide bonds. The first-order chi connectivity index (χ1) is 7.35. The Morgan fingerprint density at radius 3 is 2.53 bits per heavy atom. The molecule has 15 heavy (non-hydrogen) atoms. The van der Waals surface area contributed by atoms with Gasteiger partial charge in [-0.15, -0.1) is 0 Å². The summed E-state index contributed by atoms with van der Waals surface area (Å²) in [6.45, 7) is 1.64. The van der Waals surface area contributed by atoms with Gasteiger partial charge >= 0.3 is 0 Å². The molecule has 1 aliphatic rings. The average molecular weight is 269 g/mol. The Kier molecular flexibility index (Phi) is 3.81. The maximum absolute atomic E-state index is 5.68. The second kappa shape index (κ2) is 5.13. The lowest BCUT2D eigenvalue weighted by atomic mass is 10.1. The van der Waals surface area contributed by atoms with E-state index in [0.717, 1.165) is 18.5 Å². The number of rotatable bonds is 6. The van der Waals surface area contributed by atoms with Crippen molar-refractivity contribution in [2.75, 3.05) is 11.9 Å². The summed E-state index contributed by atoms with van der Waals surface area (Å²) in [7, 11) is 0. The monoisotopic (exact) mass is 268 g/mol. The predicted octanol–water partition coefficient (Wildman–Crippen LogP) is 3.77. The van der Waals surface area contributed by atoms with Crippen molar-refractivity contribution in [3.05, 3.63) is 35.9 Å². The summed E-state index contributed by atoms with van der Waals surface area (Å²) in [5.41, 5.74) is 1.85. The standard InChI is InChI=1S/C13H17BrO/c14-11-13(6-7-13)8-9-15-10-12-4-2-1-3-5-12/h1-5H,6-11H2.